The van der Waals surface area contributed by atoms with Gasteiger partial charge in [-0.25, -0.2) is 0 Å². The second-order valence-corrected chi connectivity index (χ2v) is 4.71. The molecular formula is C16H24O2. The number of hydrogen-bond donors (Lipinski definition) is 0. The first-order valence-corrected chi connectivity index (χ1v) is 6.91. The summed E-state index contributed by atoms with van der Waals surface area (Å²) in [4.78, 5) is 11.2. The number of hydrogen-bond acceptors (Lipinski definition) is 2. The highest BCUT2D eigenvalue weighted by atomic mass is 16.5. The standard InChI is InChI=1S/C16H24O2/c1-4-13(3)15-11-9-14(10-12-15)7-6-8-16(17)18-5-2/h9-13H,4-8H2,1-3H3. The fraction of sp³-hybridized carbons (Fsp3) is 0.562. The van der Waals surface area contributed by atoms with Crippen molar-refractivity contribution < 1.29 is 9.53 Å². The van der Waals surface area contributed by atoms with Crippen LogP contribution in [-0.4, -0.2) is 12.6 Å². The summed E-state index contributed by atoms with van der Waals surface area (Å²) in [6.07, 6.45) is 3.49. The average Bonchev–Trinajstić information content (AvgIpc) is 2.39. The number of esters is 1. The smallest absolute Gasteiger partial charge is 0.305 e. The van der Waals surface area contributed by atoms with Gasteiger partial charge in [-0.05, 0) is 43.2 Å². The number of carbonyl (C=O) groups is 1. The van der Waals surface area contributed by atoms with Crippen LogP contribution < -0.4 is 0 Å². The minimum absolute atomic E-state index is 0.0891. The molecule has 0 saturated heterocycles. The highest BCUT2D eigenvalue weighted by Crippen LogP contribution is 2.19. The van der Waals surface area contributed by atoms with Crippen LogP contribution in [0.2, 0.25) is 0 Å². The monoisotopic (exact) mass is 248 g/mol. The molecule has 1 rings (SSSR count). The van der Waals surface area contributed by atoms with E-state index in [9.17, 15) is 4.79 Å². The third-order valence-corrected chi connectivity index (χ3v) is 3.31. The lowest BCUT2D eigenvalue weighted by Crippen LogP contribution is -2.04. The zero-order valence-corrected chi connectivity index (χ0v) is 11.7. The molecule has 0 radical (unpaired) electrons. The van der Waals surface area contributed by atoms with E-state index < -0.39 is 0 Å². The van der Waals surface area contributed by atoms with E-state index in [-0.39, 0.29) is 5.97 Å². The normalized spacial score (nSPS) is 12.2. The van der Waals surface area contributed by atoms with E-state index >= 15 is 0 Å². The van der Waals surface area contributed by atoms with E-state index in [1.165, 1.54) is 17.5 Å². The Balaban J connectivity index is 2.37. The molecule has 1 unspecified atom stereocenters. The van der Waals surface area contributed by atoms with Crippen molar-refractivity contribution >= 4 is 5.97 Å². The SMILES string of the molecule is CCOC(=O)CCCc1ccc(C(C)CC)cc1. The lowest BCUT2D eigenvalue weighted by atomic mass is 9.96. The Labute approximate surface area is 110 Å². The summed E-state index contributed by atoms with van der Waals surface area (Å²) in [5.41, 5.74) is 2.69. The van der Waals surface area contributed by atoms with E-state index in [0.717, 1.165) is 12.8 Å². The van der Waals surface area contributed by atoms with Gasteiger partial charge in [-0.2, -0.15) is 0 Å². The molecule has 18 heavy (non-hydrogen) atoms. The highest BCUT2D eigenvalue weighted by Gasteiger charge is 2.04. The van der Waals surface area contributed by atoms with Gasteiger partial charge in [0.1, 0.15) is 0 Å². The second kappa shape index (κ2) is 7.91. The Hall–Kier alpha value is -1.31. The fourth-order valence-corrected chi connectivity index (χ4v) is 1.92. The third-order valence-electron chi connectivity index (χ3n) is 3.31. The van der Waals surface area contributed by atoms with Crippen molar-refractivity contribution in [3.63, 3.8) is 0 Å². The summed E-state index contributed by atoms with van der Waals surface area (Å²) in [5, 5.41) is 0. The van der Waals surface area contributed by atoms with E-state index in [4.69, 9.17) is 4.74 Å². The Morgan fingerprint density at radius 1 is 1.22 bits per heavy atom. The van der Waals surface area contributed by atoms with Crippen LogP contribution in [0.5, 0.6) is 0 Å². The van der Waals surface area contributed by atoms with Gasteiger partial charge in [-0.1, -0.05) is 38.1 Å². The molecule has 0 heterocycles. The molecular weight excluding hydrogens is 224 g/mol. The van der Waals surface area contributed by atoms with Gasteiger partial charge >= 0.3 is 5.97 Å². The minimum atomic E-state index is -0.0891. The fourth-order valence-electron chi connectivity index (χ4n) is 1.92. The largest absolute Gasteiger partial charge is 0.466 e. The maximum absolute atomic E-state index is 11.2. The van der Waals surface area contributed by atoms with Crippen LogP contribution >= 0.6 is 0 Å². The van der Waals surface area contributed by atoms with E-state index in [1.54, 1.807) is 0 Å². The van der Waals surface area contributed by atoms with E-state index in [1.807, 2.05) is 6.92 Å². The van der Waals surface area contributed by atoms with Crippen LogP contribution in [0.15, 0.2) is 24.3 Å². The molecule has 1 aromatic carbocycles. The molecule has 1 aromatic rings. The van der Waals surface area contributed by atoms with E-state index in [0.29, 0.717) is 18.9 Å². The van der Waals surface area contributed by atoms with Gasteiger partial charge in [0, 0.05) is 6.42 Å². The lowest BCUT2D eigenvalue weighted by Gasteiger charge is -2.09. The Bertz CT molecular complexity index is 354. The van der Waals surface area contributed by atoms with Crippen LogP contribution in [0, 0.1) is 0 Å². The molecule has 0 aliphatic carbocycles. The molecule has 100 valence electrons. The van der Waals surface area contributed by atoms with Crippen LogP contribution in [-0.2, 0) is 16.0 Å². The van der Waals surface area contributed by atoms with Crippen molar-refractivity contribution in [1.29, 1.82) is 0 Å². The number of carbonyl (C=O) groups excluding carboxylic acids is 1. The molecule has 0 saturated carbocycles. The number of benzene rings is 1. The van der Waals surface area contributed by atoms with Crippen LogP contribution in [0.1, 0.15) is 57.1 Å². The van der Waals surface area contributed by atoms with Gasteiger partial charge < -0.3 is 4.74 Å². The first-order valence-electron chi connectivity index (χ1n) is 6.91. The molecule has 0 bridgehead atoms. The topological polar surface area (TPSA) is 26.3 Å². The molecule has 0 N–H and O–H groups in total. The predicted octanol–water partition coefficient (Wildman–Crippen LogP) is 4.09. The molecule has 1 atom stereocenters. The second-order valence-electron chi connectivity index (χ2n) is 4.71. The molecule has 2 heteroatoms. The van der Waals surface area contributed by atoms with Crippen LogP contribution in [0.4, 0.5) is 0 Å². The summed E-state index contributed by atoms with van der Waals surface area (Å²) in [7, 11) is 0. The number of rotatable bonds is 7. The lowest BCUT2D eigenvalue weighted by molar-refractivity contribution is -0.143. The van der Waals surface area contributed by atoms with Crippen molar-refractivity contribution in [2.24, 2.45) is 0 Å². The van der Waals surface area contributed by atoms with Crippen molar-refractivity contribution in [3.05, 3.63) is 35.4 Å². The van der Waals surface area contributed by atoms with Gasteiger partial charge in [-0.3, -0.25) is 4.79 Å². The summed E-state index contributed by atoms with van der Waals surface area (Å²) in [6, 6.07) is 8.75. The maximum atomic E-state index is 11.2. The molecule has 0 fully saturated rings. The predicted molar refractivity (Wildman–Crippen MR) is 74.7 cm³/mol. The number of ether oxygens (including phenoxy) is 1. The van der Waals surface area contributed by atoms with Crippen molar-refractivity contribution in [1.82, 2.24) is 0 Å². The minimum Gasteiger partial charge on any atom is -0.466 e. The van der Waals surface area contributed by atoms with Crippen LogP contribution in [0.25, 0.3) is 0 Å². The first-order chi connectivity index (χ1) is 8.67. The first kappa shape index (κ1) is 14.7. The average molecular weight is 248 g/mol. The van der Waals surface area contributed by atoms with Gasteiger partial charge in [0.15, 0.2) is 0 Å². The molecule has 0 aromatic heterocycles. The highest BCUT2D eigenvalue weighted by molar-refractivity contribution is 5.69. The molecule has 0 aliphatic heterocycles. The van der Waals surface area contributed by atoms with Gasteiger partial charge in [0.2, 0.25) is 0 Å². The Morgan fingerprint density at radius 2 is 1.89 bits per heavy atom. The Morgan fingerprint density at radius 3 is 2.44 bits per heavy atom. The van der Waals surface area contributed by atoms with Crippen molar-refractivity contribution in [2.75, 3.05) is 6.61 Å². The molecule has 0 amide bonds. The van der Waals surface area contributed by atoms with Crippen LogP contribution in [0.3, 0.4) is 0 Å². The molecule has 0 spiro atoms. The van der Waals surface area contributed by atoms with Crippen molar-refractivity contribution in [2.45, 2.75) is 52.4 Å². The van der Waals surface area contributed by atoms with Crippen molar-refractivity contribution in [3.8, 4) is 0 Å². The third kappa shape index (κ3) is 4.91. The quantitative estimate of drug-likeness (QED) is 0.679. The zero-order valence-electron chi connectivity index (χ0n) is 11.7. The van der Waals surface area contributed by atoms with Gasteiger partial charge in [0.25, 0.3) is 0 Å². The molecule has 0 aliphatic rings. The summed E-state index contributed by atoms with van der Waals surface area (Å²) < 4.78 is 4.91. The Kier molecular flexibility index (Phi) is 6.48. The zero-order chi connectivity index (χ0) is 13.4. The summed E-state index contributed by atoms with van der Waals surface area (Å²) in [5.74, 6) is 0.535. The maximum Gasteiger partial charge on any atom is 0.305 e. The van der Waals surface area contributed by atoms with E-state index in [2.05, 4.69) is 38.1 Å². The number of aryl methyl sites for hydroxylation is 1. The summed E-state index contributed by atoms with van der Waals surface area (Å²) >= 11 is 0. The van der Waals surface area contributed by atoms with Gasteiger partial charge in [0.05, 0.1) is 6.61 Å². The molecule has 2 nitrogen and oxygen atoms in total. The summed E-state index contributed by atoms with van der Waals surface area (Å²) in [6.45, 7) is 6.77. The van der Waals surface area contributed by atoms with Gasteiger partial charge in [-0.15, -0.1) is 0 Å².